The zero-order valence-electron chi connectivity index (χ0n) is 11.5. The number of amides is 1. The van der Waals surface area contributed by atoms with Gasteiger partial charge in [0, 0.05) is 31.6 Å². The Hall–Kier alpha value is -0.570. The van der Waals surface area contributed by atoms with Gasteiger partial charge in [-0.1, -0.05) is 19.8 Å². The minimum atomic E-state index is 0.0530. The molecule has 3 nitrogen and oxygen atoms in total. The zero-order valence-corrected chi connectivity index (χ0v) is 11.5. The third-order valence-electron chi connectivity index (χ3n) is 4.66. The molecule has 0 bridgehead atoms. The van der Waals surface area contributed by atoms with E-state index in [4.69, 9.17) is 0 Å². The summed E-state index contributed by atoms with van der Waals surface area (Å²) < 4.78 is 0. The molecule has 0 aromatic heterocycles. The second kappa shape index (κ2) is 4.97. The minimum absolute atomic E-state index is 0.0530. The molecule has 2 aliphatic rings. The van der Waals surface area contributed by atoms with Crippen LogP contribution in [-0.4, -0.2) is 36.0 Å². The first-order chi connectivity index (χ1) is 8.07. The Morgan fingerprint density at radius 2 is 2.12 bits per heavy atom. The summed E-state index contributed by atoms with van der Waals surface area (Å²) in [5.41, 5.74) is 0.0530. The molecule has 0 saturated carbocycles. The normalized spacial score (nSPS) is 30.6. The quantitative estimate of drug-likeness (QED) is 0.760. The molecular formula is C14H26N2O. The van der Waals surface area contributed by atoms with Crippen LogP contribution in [0.4, 0.5) is 0 Å². The first-order valence-corrected chi connectivity index (χ1v) is 7.08. The monoisotopic (exact) mass is 238 g/mol. The van der Waals surface area contributed by atoms with E-state index in [1.165, 1.54) is 12.8 Å². The summed E-state index contributed by atoms with van der Waals surface area (Å²) in [7, 11) is 0. The lowest BCUT2D eigenvalue weighted by molar-refractivity contribution is -0.135. The van der Waals surface area contributed by atoms with E-state index in [1.807, 2.05) is 0 Å². The molecule has 2 aliphatic heterocycles. The fourth-order valence-corrected chi connectivity index (χ4v) is 3.51. The number of carbonyl (C=O) groups excluding carboxylic acids is 1. The molecule has 1 amide bonds. The maximum absolute atomic E-state index is 12.3. The molecular weight excluding hydrogens is 212 g/mol. The number of rotatable bonds is 4. The zero-order chi connectivity index (χ0) is 12.5. The second-order valence-corrected chi connectivity index (χ2v) is 6.14. The predicted molar refractivity (Wildman–Crippen MR) is 69.8 cm³/mol. The van der Waals surface area contributed by atoms with E-state index in [2.05, 4.69) is 31.0 Å². The Morgan fingerprint density at radius 1 is 1.35 bits per heavy atom. The van der Waals surface area contributed by atoms with Crippen molar-refractivity contribution in [1.82, 2.24) is 10.2 Å². The molecule has 2 rings (SSSR count). The molecule has 1 N–H and O–H groups in total. The van der Waals surface area contributed by atoms with Crippen LogP contribution >= 0.6 is 0 Å². The Bertz CT molecular complexity index is 288. The number of hydrogen-bond acceptors (Lipinski definition) is 2. The summed E-state index contributed by atoms with van der Waals surface area (Å²) in [5, 5.41) is 3.45. The van der Waals surface area contributed by atoms with E-state index in [-0.39, 0.29) is 5.54 Å². The molecule has 0 aliphatic carbocycles. The number of likely N-dealkylation sites (tertiary alicyclic amines) is 1. The van der Waals surface area contributed by atoms with Crippen LogP contribution in [0, 0.1) is 11.8 Å². The fraction of sp³-hybridized carbons (Fsp3) is 0.929. The smallest absolute Gasteiger partial charge is 0.223 e. The van der Waals surface area contributed by atoms with Gasteiger partial charge in [-0.05, 0) is 32.1 Å². The van der Waals surface area contributed by atoms with Crippen molar-refractivity contribution in [2.24, 2.45) is 11.8 Å². The average molecular weight is 238 g/mol. The van der Waals surface area contributed by atoms with E-state index in [9.17, 15) is 4.79 Å². The Kier molecular flexibility index (Phi) is 3.76. The first-order valence-electron chi connectivity index (χ1n) is 7.08. The van der Waals surface area contributed by atoms with Crippen LogP contribution in [0.1, 0.15) is 46.5 Å². The largest absolute Gasteiger partial charge is 0.337 e. The maximum Gasteiger partial charge on any atom is 0.223 e. The highest BCUT2D eigenvalue weighted by Crippen LogP contribution is 2.40. The van der Waals surface area contributed by atoms with Gasteiger partial charge in [-0.2, -0.15) is 0 Å². The van der Waals surface area contributed by atoms with Crippen LogP contribution in [-0.2, 0) is 4.79 Å². The Morgan fingerprint density at radius 3 is 2.76 bits per heavy atom. The van der Waals surface area contributed by atoms with Crippen LogP contribution < -0.4 is 5.32 Å². The summed E-state index contributed by atoms with van der Waals surface area (Å²) in [4.78, 5) is 14.4. The lowest BCUT2D eigenvalue weighted by atomic mass is 9.85. The topological polar surface area (TPSA) is 32.3 Å². The molecule has 98 valence electrons. The summed E-state index contributed by atoms with van der Waals surface area (Å²) in [5.74, 6) is 1.70. The van der Waals surface area contributed by atoms with Crippen LogP contribution in [0.3, 0.4) is 0 Å². The Balaban J connectivity index is 1.95. The summed E-state index contributed by atoms with van der Waals surface area (Å²) in [6.45, 7) is 9.80. The fourth-order valence-electron chi connectivity index (χ4n) is 3.51. The molecule has 2 atom stereocenters. The third-order valence-corrected chi connectivity index (χ3v) is 4.66. The van der Waals surface area contributed by atoms with Crippen molar-refractivity contribution in [2.45, 2.75) is 52.0 Å². The standard InChI is InChI=1S/C14H26N2O/c1-4-5-6-7-13(17)16-10-11-8-15-9-12(11)14(16,2)3/h11-12,15H,4-10H2,1-3H3. The molecule has 17 heavy (non-hydrogen) atoms. The van der Waals surface area contributed by atoms with Gasteiger partial charge in [0.05, 0.1) is 0 Å². The molecule has 0 spiro atoms. The lowest BCUT2D eigenvalue weighted by Crippen LogP contribution is -2.47. The molecule has 0 radical (unpaired) electrons. The van der Waals surface area contributed by atoms with E-state index in [0.717, 1.165) is 32.5 Å². The highest BCUT2D eigenvalue weighted by atomic mass is 16.2. The van der Waals surface area contributed by atoms with Crippen molar-refractivity contribution in [3.63, 3.8) is 0 Å². The number of carbonyl (C=O) groups is 1. The summed E-state index contributed by atoms with van der Waals surface area (Å²) in [6.07, 6.45) is 4.15. The van der Waals surface area contributed by atoms with Gasteiger partial charge >= 0.3 is 0 Å². The summed E-state index contributed by atoms with van der Waals surface area (Å²) >= 11 is 0. The molecule has 2 saturated heterocycles. The van der Waals surface area contributed by atoms with Gasteiger partial charge in [0.25, 0.3) is 0 Å². The van der Waals surface area contributed by atoms with Crippen molar-refractivity contribution in [3.05, 3.63) is 0 Å². The number of fused-ring (bicyclic) bond motifs is 1. The molecule has 2 fully saturated rings. The van der Waals surface area contributed by atoms with Crippen LogP contribution in [0.2, 0.25) is 0 Å². The maximum atomic E-state index is 12.3. The van der Waals surface area contributed by atoms with Gasteiger partial charge < -0.3 is 10.2 Å². The highest BCUT2D eigenvalue weighted by molar-refractivity contribution is 5.77. The molecule has 2 heterocycles. The van der Waals surface area contributed by atoms with Crippen LogP contribution in [0.25, 0.3) is 0 Å². The van der Waals surface area contributed by atoms with E-state index in [0.29, 0.717) is 17.7 Å². The van der Waals surface area contributed by atoms with Gasteiger partial charge in [0.1, 0.15) is 0 Å². The second-order valence-electron chi connectivity index (χ2n) is 6.14. The molecule has 0 aromatic rings. The van der Waals surface area contributed by atoms with Crippen molar-refractivity contribution >= 4 is 5.91 Å². The first kappa shape index (κ1) is 12.9. The SMILES string of the molecule is CCCCCC(=O)N1CC2CNCC2C1(C)C. The average Bonchev–Trinajstić information content (AvgIpc) is 2.81. The third kappa shape index (κ3) is 2.35. The van der Waals surface area contributed by atoms with Crippen molar-refractivity contribution < 1.29 is 4.79 Å². The number of unbranched alkanes of at least 4 members (excludes halogenated alkanes) is 2. The molecule has 2 unspecified atom stereocenters. The Labute approximate surface area is 105 Å². The van der Waals surface area contributed by atoms with Gasteiger partial charge in [-0.25, -0.2) is 0 Å². The summed E-state index contributed by atoms with van der Waals surface area (Å²) in [6, 6.07) is 0. The van der Waals surface area contributed by atoms with Crippen molar-refractivity contribution in [3.8, 4) is 0 Å². The van der Waals surface area contributed by atoms with Crippen LogP contribution in [0.15, 0.2) is 0 Å². The van der Waals surface area contributed by atoms with Gasteiger partial charge in [-0.15, -0.1) is 0 Å². The van der Waals surface area contributed by atoms with Gasteiger partial charge in [0.2, 0.25) is 5.91 Å². The van der Waals surface area contributed by atoms with Crippen LogP contribution in [0.5, 0.6) is 0 Å². The van der Waals surface area contributed by atoms with Crippen molar-refractivity contribution in [1.29, 1.82) is 0 Å². The van der Waals surface area contributed by atoms with E-state index in [1.54, 1.807) is 0 Å². The van der Waals surface area contributed by atoms with Gasteiger partial charge in [-0.3, -0.25) is 4.79 Å². The number of hydrogen-bond donors (Lipinski definition) is 1. The molecule has 0 aromatic carbocycles. The van der Waals surface area contributed by atoms with Gasteiger partial charge in [0.15, 0.2) is 0 Å². The number of nitrogens with zero attached hydrogens (tertiary/aromatic N) is 1. The highest BCUT2D eigenvalue weighted by Gasteiger charge is 2.50. The number of nitrogens with one attached hydrogen (secondary N) is 1. The van der Waals surface area contributed by atoms with E-state index >= 15 is 0 Å². The molecule has 3 heteroatoms. The van der Waals surface area contributed by atoms with Crippen molar-refractivity contribution in [2.75, 3.05) is 19.6 Å². The van der Waals surface area contributed by atoms with E-state index < -0.39 is 0 Å². The predicted octanol–water partition coefficient (Wildman–Crippen LogP) is 2.02. The lowest BCUT2D eigenvalue weighted by Gasteiger charge is -2.35. The minimum Gasteiger partial charge on any atom is -0.337 e.